The van der Waals surface area contributed by atoms with Crippen molar-refractivity contribution >= 4 is 23.7 Å². The third kappa shape index (κ3) is 8.41. The van der Waals surface area contributed by atoms with Gasteiger partial charge in [0.25, 0.3) is 0 Å². The first kappa shape index (κ1) is 27.3. The van der Waals surface area contributed by atoms with Crippen molar-refractivity contribution in [2.45, 2.75) is 57.8 Å². The molecule has 35 heavy (non-hydrogen) atoms. The van der Waals surface area contributed by atoms with Gasteiger partial charge in [0, 0.05) is 24.7 Å². The summed E-state index contributed by atoms with van der Waals surface area (Å²) < 4.78 is 0. The van der Waals surface area contributed by atoms with Crippen LogP contribution in [0.4, 0.5) is 0 Å². The zero-order valence-electron chi connectivity index (χ0n) is 19.8. The van der Waals surface area contributed by atoms with Crippen LogP contribution >= 0.6 is 0 Å². The number of phenols is 1. The molecule has 0 radical (unpaired) electrons. The fourth-order valence-electron chi connectivity index (χ4n) is 3.24. The molecular weight excluding hydrogens is 456 g/mol. The number of hydrogen-bond acceptors (Lipinski definition) is 7. The van der Waals surface area contributed by atoms with E-state index in [1.807, 2.05) is 0 Å². The van der Waals surface area contributed by atoms with E-state index >= 15 is 0 Å². The minimum atomic E-state index is -1.23. The summed E-state index contributed by atoms with van der Waals surface area (Å²) in [6, 6.07) is 1.79. The van der Waals surface area contributed by atoms with E-state index in [9.17, 15) is 24.3 Å². The molecule has 0 bridgehead atoms. The Morgan fingerprint density at radius 3 is 2.17 bits per heavy atom. The number of rotatable bonds is 12. The van der Waals surface area contributed by atoms with Crippen molar-refractivity contribution in [1.29, 1.82) is 0 Å². The molecule has 0 aliphatic rings. The number of hydrogen-bond donors (Lipinski definition) is 7. The predicted molar refractivity (Wildman–Crippen MR) is 126 cm³/mol. The van der Waals surface area contributed by atoms with Crippen molar-refractivity contribution < 1.29 is 29.4 Å². The molecule has 3 amide bonds. The molecular formula is C23H32N6O6. The average Bonchev–Trinajstić information content (AvgIpc) is 3.30. The smallest absolute Gasteiger partial charge is 0.325 e. The molecule has 4 atom stereocenters. The molecule has 1 heterocycles. The highest BCUT2D eigenvalue weighted by Gasteiger charge is 2.31. The van der Waals surface area contributed by atoms with Crippen LogP contribution in [0.1, 0.15) is 32.0 Å². The summed E-state index contributed by atoms with van der Waals surface area (Å²) in [5.74, 6) is -3.41. The van der Waals surface area contributed by atoms with Gasteiger partial charge < -0.3 is 36.9 Å². The number of phenolic OH excluding ortho intramolecular Hbond substituents is 1. The van der Waals surface area contributed by atoms with Gasteiger partial charge in [-0.2, -0.15) is 0 Å². The molecule has 1 aromatic carbocycles. The number of H-pyrrole nitrogens is 1. The van der Waals surface area contributed by atoms with Crippen molar-refractivity contribution in [3.8, 4) is 5.75 Å². The second kappa shape index (κ2) is 12.5. The van der Waals surface area contributed by atoms with Crippen LogP contribution in [-0.4, -0.2) is 68.0 Å². The minimum Gasteiger partial charge on any atom is -0.508 e. The second-order valence-corrected chi connectivity index (χ2v) is 8.62. The lowest BCUT2D eigenvalue weighted by molar-refractivity contribution is -0.141. The van der Waals surface area contributed by atoms with Gasteiger partial charge in [0.1, 0.15) is 23.9 Å². The Bertz CT molecular complexity index is 1010. The molecule has 0 saturated carbocycles. The van der Waals surface area contributed by atoms with Gasteiger partial charge in [-0.15, -0.1) is 0 Å². The first-order valence-electron chi connectivity index (χ1n) is 11.1. The predicted octanol–water partition coefficient (Wildman–Crippen LogP) is -0.557. The Morgan fingerprint density at radius 1 is 0.971 bits per heavy atom. The first-order chi connectivity index (χ1) is 16.5. The first-order valence-corrected chi connectivity index (χ1v) is 11.1. The third-order valence-corrected chi connectivity index (χ3v) is 5.32. The zero-order chi connectivity index (χ0) is 26.1. The number of nitrogens with zero attached hydrogens (tertiary/aromatic N) is 1. The molecule has 4 unspecified atom stereocenters. The highest BCUT2D eigenvalue weighted by Crippen LogP contribution is 2.12. The molecule has 2 aromatic rings. The number of aromatic amines is 1. The highest BCUT2D eigenvalue weighted by molar-refractivity contribution is 5.94. The molecule has 190 valence electrons. The van der Waals surface area contributed by atoms with E-state index in [1.165, 1.54) is 25.4 Å². The minimum absolute atomic E-state index is 0.0301. The van der Waals surface area contributed by atoms with Crippen molar-refractivity contribution in [3.05, 3.63) is 48.0 Å². The summed E-state index contributed by atoms with van der Waals surface area (Å²) in [7, 11) is 0. The Labute approximate surface area is 202 Å². The Kier molecular flexibility index (Phi) is 9.76. The fourth-order valence-corrected chi connectivity index (χ4v) is 3.24. The van der Waals surface area contributed by atoms with E-state index in [0.29, 0.717) is 11.3 Å². The summed E-state index contributed by atoms with van der Waals surface area (Å²) in [5.41, 5.74) is 7.26. The lowest BCUT2D eigenvalue weighted by atomic mass is 10.00. The normalized spacial score (nSPS) is 14.4. The molecule has 0 aliphatic heterocycles. The summed E-state index contributed by atoms with van der Waals surface area (Å²) >= 11 is 0. The quantitative estimate of drug-likeness (QED) is 0.206. The van der Waals surface area contributed by atoms with Gasteiger partial charge in [-0.25, -0.2) is 4.98 Å². The topological polar surface area (TPSA) is 200 Å². The number of aliphatic carboxylic acids is 1. The molecule has 12 nitrogen and oxygen atoms in total. The van der Waals surface area contributed by atoms with E-state index in [2.05, 4.69) is 25.9 Å². The number of carbonyl (C=O) groups is 4. The number of nitrogens with two attached hydrogens (primary N) is 1. The van der Waals surface area contributed by atoms with Crippen LogP contribution in [0.3, 0.4) is 0 Å². The molecule has 0 fully saturated rings. The summed E-state index contributed by atoms with van der Waals surface area (Å²) in [4.78, 5) is 56.5. The highest BCUT2D eigenvalue weighted by atomic mass is 16.4. The number of carboxylic acids is 1. The largest absolute Gasteiger partial charge is 0.508 e. The van der Waals surface area contributed by atoms with Crippen LogP contribution in [-0.2, 0) is 32.0 Å². The number of amides is 3. The van der Waals surface area contributed by atoms with Crippen LogP contribution in [0.15, 0.2) is 36.8 Å². The monoisotopic (exact) mass is 488 g/mol. The van der Waals surface area contributed by atoms with Gasteiger partial charge in [0.15, 0.2) is 0 Å². The van der Waals surface area contributed by atoms with Crippen molar-refractivity contribution in [1.82, 2.24) is 25.9 Å². The Morgan fingerprint density at radius 2 is 1.63 bits per heavy atom. The second-order valence-electron chi connectivity index (χ2n) is 8.62. The van der Waals surface area contributed by atoms with E-state index in [-0.39, 0.29) is 24.5 Å². The maximum atomic E-state index is 13.1. The molecule has 0 aliphatic carbocycles. The fraction of sp³-hybridized carbons (Fsp3) is 0.435. The lowest BCUT2D eigenvalue weighted by Gasteiger charge is -2.26. The van der Waals surface area contributed by atoms with Gasteiger partial charge in [0.2, 0.25) is 17.7 Å². The standard InChI is InChI=1S/C23H32N6O6/c1-12(2)19(29-20(31)17(24)9-15-10-25-11-26-15)22(33)28-18(21(32)27-13(3)23(34)35)8-14-4-6-16(30)7-5-14/h4-7,10-13,17-19,30H,8-9,24H2,1-3H3,(H,25,26)(H,27,32)(H,28,33)(H,29,31)(H,34,35). The Balaban J connectivity index is 2.14. The van der Waals surface area contributed by atoms with Crippen LogP contribution in [0.2, 0.25) is 0 Å². The SMILES string of the molecule is CC(NC(=O)C(Cc1ccc(O)cc1)NC(=O)C(NC(=O)C(N)Cc1cnc[nH]1)C(C)C)C(=O)O. The number of imidazole rings is 1. The van der Waals surface area contributed by atoms with Crippen LogP contribution in [0.25, 0.3) is 0 Å². The van der Waals surface area contributed by atoms with Gasteiger partial charge in [-0.05, 0) is 30.5 Å². The van der Waals surface area contributed by atoms with Gasteiger partial charge in [0.05, 0.1) is 12.4 Å². The Hall–Kier alpha value is -3.93. The molecule has 8 N–H and O–H groups in total. The number of carbonyl (C=O) groups excluding carboxylic acids is 3. The van der Waals surface area contributed by atoms with E-state index in [1.54, 1.807) is 32.2 Å². The molecule has 12 heteroatoms. The average molecular weight is 489 g/mol. The maximum Gasteiger partial charge on any atom is 0.325 e. The zero-order valence-corrected chi connectivity index (χ0v) is 19.8. The number of carboxylic acid groups (broad SMARTS) is 1. The van der Waals surface area contributed by atoms with Gasteiger partial charge in [-0.3, -0.25) is 19.2 Å². The van der Waals surface area contributed by atoms with E-state index < -0.39 is 47.9 Å². The van der Waals surface area contributed by atoms with Gasteiger partial charge >= 0.3 is 5.97 Å². The lowest BCUT2D eigenvalue weighted by Crippen LogP contribution is -2.58. The van der Waals surface area contributed by atoms with Crippen LogP contribution < -0.4 is 21.7 Å². The summed E-state index contributed by atoms with van der Waals surface area (Å²) in [6.07, 6.45) is 3.23. The summed E-state index contributed by atoms with van der Waals surface area (Å²) in [6.45, 7) is 4.76. The van der Waals surface area contributed by atoms with Gasteiger partial charge in [-0.1, -0.05) is 26.0 Å². The summed E-state index contributed by atoms with van der Waals surface area (Å²) in [5, 5.41) is 26.2. The maximum absolute atomic E-state index is 13.1. The van der Waals surface area contributed by atoms with Crippen molar-refractivity contribution in [2.75, 3.05) is 0 Å². The van der Waals surface area contributed by atoms with Crippen molar-refractivity contribution in [2.24, 2.45) is 11.7 Å². The van der Waals surface area contributed by atoms with Crippen molar-refractivity contribution in [3.63, 3.8) is 0 Å². The molecule has 2 rings (SSSR count). The third-order valence-electron chi connectivity index (χ3n) is 5.32. The number of aromatic nitrogens is 2. The number of aromatic hydroxyl groups is 1. The van der Waals surface area contributed by atoms with Crippen LogP contribution in [0.5, 0.6) is 5.75 Å². The molecule has 1 aromatic heterocycles. The number of benzene rings is 1. The van der Waals surface area contributed by atoms with E-state index in [4.69, 9.17) is 10.8 Å². The van der Waals surface area contributed by atoms with Crippen LogP contribution in [0, 0.1) is 5.92 Å². The molecule has 0 saturated heterocycles. The van der Waals surface area contributed by atoms with E-state index in [0.717, 1.165) is 0 Å². The molecule has 0 spiro atoms. The number of nitrogens with one attached hydrogen (secondary N) is 4.